The summed E-state index contributed by atoms with van der Waals surface area (Å²) in [5.74, 6) is -0.0951. The Hall–Kier alpha value is -2.71. The van der Waals surface area contributed by atoms with Gasteiger partial charge >= 0.3 is 0 Å². The molecule has 1 aliphatic heterocycles. The highest BCUT2D eigenvalue weighted by Crippen LogP contribution is 2.34. The van der Waals surface area contributed by atoms with Crippen molar-refractivity contribution in [3.63, 3.8) is 0 Å². The third-order valence-corrected chi connectivity index (χ3v) is 5.16. The first-order chi connectivity index (χ1) is 14.2. The number of aryl methyl sites for hydroxylation is 1. The minimum atomic E-state index is -0.561. The van der Waals surface area contributed by atoms with Gasteiger partial charge in [-0.1, -0.05) is 28.1 Å². The smallest absolute Gasteiger partial charge is 0.270 e. The van der Waals surface area contributed by atoms with Crippen molar-refractivity contribution in [2.24, 2.45) is 0 Å². The molecule has 3 rings (SSSR count). The number of methoxy groups -OCH3 is 1. The van der Waals surface area contributed by atoms with Crippen LogP contribution in [0.4, 0.5) is 5.69 Å². The maximum atomic E-state index is 13.3. The Morgan fingerprint density at radius 3 is 2.57 bits per heavy atom. The molecule has 1 fully saturated rings. The number of nitrogens with one attached hydrogen (secondary N) is 1. The zero-order valence-electron chi connectivity index (χ0n) is 17.0. The van der Waals surface area contributed by atoms with E-state index in [-0.39, 0.29) is 16.8 Å². The van der Waals surface area contributed by atoms with Crippen molar-refractivity contribution in [2.45, 2.75) is 26.9 Å². The Morgan fingerprint density at radius 1 is 1.20 bits per heavy atom. The molecule has 0 bridgehead atoms. The number of ether oxygens (including phenoxy) is 2. The Labute approximate surface area is 189 Å². The predicted octanol–water partition coefficient (Wildman–Crippen LogP) is 4.38. The Kier molecular flexibility index (Phi) is 6.58. The zero-order chi connectivity index (χ0) is 22.0. The van der Waals surface area contributed by atoms with Crippen molar-refractivity contribution < 1.29 is 19.1 Å². The summed E-state index contributed by atoms with van der Waals surface area (Å²) < 4.78 is 12.2. The van der Waals surface area contributed by atoms with Crippen LogP contribution in [0.25, 0.3) is 6.08 Å². The van der Waals surface area contributed by atoms with Crippen LogP contribution in [0.5, 0.6) is 11.5 Å². The Morgan fingerprint density at radius 2 is 1.93 bits per heavy atom. The van der Waals surface area contributed by atoms with Crippen molar-refractivity contribution in [3.05, 3.63) is 57.6 Å². The number of hydrogen-bond acceptors (Lipinski definition) is 5. The lowest BCUT2D eigenvalue weighted by Crippen LogP contribution is -2.54. The molecule has 156 valence electrons. The molecule has 0 unspecified atom stereocenters. The first-order valence-corrected chi connectivity index (χ1v) is 10.4. The zero-order valence-corrected chi connectivity index (χ0v) is 19.4. The van der Waals surface area contributed by atoms with E-state index in [0.717, 1.165) is 10.0 Å². The summed E-state index contributed by atoms with van der Waals surface area (Å²) in [6.45, 7) is 5.64. The van der Waals surface area contributed by atoms with Gasteiger partial charge in [0.1, 0.15) is 5.57 Å². The number of carbonyl (C=O) groups excluding carboxylic acids is 2. The number of halogens is 1. The number of hydrogen-bond donors (Lipinski definition) is 1. The van der Waals surface area contributed by atoms with Gasteiger partial charge in [-0.25, -0.2) is 0 Å². The first kappa shape index (κ1) is 22.0. The number of nitrogens with zero attached hydrogens (tertiary/aromatic N) is 1. The third-order valence-electron chi connectivity index (χ3n) is 4.38. The van der Waals surface area contributed by atoms with Crippen LogP contribution in [0, 0.1) is 6.92 Å². The molecule has 0 saturated carbocycles. The van der Waals surface area contributed by atoms with Gasteiger partial charge in [-0.2, -0.15) is 0 Å². The van der Waals surface area contributed by atoms with E-state index >= 15 is 0 Å². The van der Waals surface area contributed by atoms with Gasteiger partial charge in [-0.3, -0.25) is 19.8 Å². The minimum Gasteiger partial charge on any atom is -0.493 e. The molecule has 8 heteroatoms. The molecule has 0 aliphatic carbocycles. The summed E-state index contributed by atoms with van der Waals surface area (Å²) >= 11 is 8.70. The molecule has 2 aromatic rings. The fourth-order valence-electron chi connectivity index (χ4n) is 3.07. The summed E-state index contributed by atoms with van der Waals surface area (Å²) in [5.41, 5.74) is 1.94. The van der Waals surface area contributed by atoms with Gasteiger partial charge in [0.25, 0.3) is 11.8 Å². The largest absolute Gasteiger partial charge is 0.493 e. The number of rotatable bonds is 5. The molecule has 1 aliphatic rings. The fourth-order valence-corrected chi connectivity index (χ4v) is 3.82. The highest BCUT2D eigenvalue weighted by atomic mass is 79.9. The molecule has 30 heavy (non-hydrogen) atoms. The van der Waals surface area contributed by atoms with E-state index in [0.29, 0.717) is 22.7 Å². The van der Waals surface area contributed by atoms with Crippen LogP contribution in [0.1, 0.15) is 25.0 Å². The standard InChI is InChI=1S/C22H21BrN2O4S/c1-12(2)29-19-14(6-5-7-18(19)28-4)11-16-20(26)24-22(30)25(21(16)27)17-9-8-15(23)10-13(17)3/h5-12H,1-4H3,(H,24,26,30)/b16-11+. The summed E-state index contributed by atoms with van der Waals surface area (Å²) in [4.78, 5) is 27.3. The number of amides is 2. The molecule has 2 aromatic carbocycles. The van der Waals surface area contributed by atoms with E-state index in [9.17, 15) is 9.59 Å². The van der Waals surface area contributed by atoms with Gasteiger partial charge in [0, 0.05) is 10.0 Å². The van der Waals surface area contributed by atoms with Gasteiger partial charge in [0.15, 0.2) is 16.6 Å². The van der Waals surface area contributed by atoms with E-state index in [1.54, 1.807) is 24.3 Å². The van der Waals surface area contributed by atoms with Crippen LogP contribution in [-0.2, 0) is 9.59 Å². The van der Waals surface area contributed by atoms with E-state index in [1.165, 1.54) is 18.1 Å². The normalized spacial score (nSPS) is 15.6. The number of thiocarbonyl (C=S) groups is 1. The third kappa shape index (κ3) is 4.39. The molecule has 0 atom stereocenters. The van der Waals surface area contributed by atoms with E-state index < -0.39 is 11.8 Å². The summed E-state index contributed by atoms with van der Waals surface area (Å²) in [6.07, 6.45) is 1.38. The maximum Gasteiger partial charge on any atom is 0.270 e. The maximum absolute atomic E-state index is 13.3. The van der Waals surface area contributed by atoms with Gasteiger partial charge in [-0.05, 0) is 68.9 Å². The molecule has 1 saturated heterocycles. The molecule has 0 spiro atoms. The topological polar surface area (TPSA) is 67.9 Å². The number of para-hydroxylation sites is 1. The Bertz CT molecular complexity index is 1070. The molecule has 0 radical (unpaired) electrons. The summed E-state index contributed by atoms with van der Waals surface area (Å²) in [7, 11) is 1.54. The van der Waals surface area contributed by atoms with E-state index in [2.05, 4.69) is 21.2 Å². The lowest BCUT2D eigenvalue weighted by Gasteiger charge is -2.30. The average molecular weight is 489 g/mol. The Balaban J connectivity index is 2.09. The highest BCUT2D eigenvalue weighted by molar-refractivity contribution is 9.10. The molecule has 6 nitrogen and oxygen atoms in total. The van der Waals surface area contributed by atoms with E-state index in [1.807, 2.05) is 32.9 Å². The van der Waals surface area contributed by atoms with Crippen LogP contribution in [0.3, 0.4) is 0 Å². The molecular weight excluding hydrogens is 468 g/mol. The average Bonchev–Trinajstić information content (AvgIpc) is 2.67. The second-order valence-corrected chi connectivity index (χ2v) is 8.24. The highest BCUT2D eigenvalue weighted by Gasteiger charge is 2.35. The second-order valence-electron chi connectivity index (χ2n) is 6.93. The lowest BCUT2D eigenvalue weighted by atomic mass is 10.0. The van der Waals surface area contributed by atoms with Crippen LogP contribution >= 0.6 is 28.1 Å². The van der Waals surface area contributed by atoms with Crippen molar-refractivity contribution in [3.8, 4) is 11.5 Å². The minimum absolute atomic E-state index is 0.0388. The predicted molar refractivity (Wildman–Crippen MR) is 124 cm³/mol. The first-order valence-electron chi connectivity index (χ1n) is 9.24. The summed E-state index contributed by atoms with van der Waals surface area (Å²) in [6, 6.07) is 10.8. The molecule has 1 heterocycles. The second kappa shape index (κ2) is 8.97. The lowest BCUT2D eigenvalue weighted by molar-refractivity contribution is -0.122. The van der Waals surface area contributed by atoms with Crippen LogP contribution in [0.15, 0.2) is 46.4 Å². The van der Waals surface area contributed by atoms with Gasteiger partial charge < -0.3 is 9.47 Å². The van der Waals surface area contributed by atoms with Crippen LogP contribution in [-0.4, -0.2) is 30.1 Å². The van der Waals surface area contributed by atoms with Gasteiger partial charge in [-0.15, -0.1) is 0 Å². The van der Waals surface area contributed by atoms with Crippen molar-refractivity contribution in [1.82, 2.24) is 5.32 Å². The number of anilines is 1. The monoisotopic (exact) mass is 488 g/mol. The molecule has 1 N–H and O–H groups in total. The molecule has 0 aromatic heterocycles. The number of benzene rings is 2. The summed E-state index contributed by atoms with van der Waals surface area (Å²) in [5, 5.41) is 2.64. The van der Waals surface area contributed by atoms with Gasteiger partial charge in [0.05, 0.1) is 18.9 Å². The fraction of sp³-hybridized carbons (Fsp3) is 0.227. The van der Waals surface area contributed by atoms with E-state index in [4.69, 9.17) is 21.7 Å². The van der Waals surface area contributed by atoms with Crippen molar-refractivity contribution in [1.29, 1.82) is 0 Å². The number of carbonyl (C=O) groups is 2. The van der Waals surface area contributed by atoms with Gasteiger partial charge in [0.2, 0.25) is 0 Å². The SMILES string of the molecule is COc1cccc(/C=C2\C(=O)NC(=S)N(c3ccc(Br)cc3C)C2=O)c1OC(C)C. The molecule has 2 amide bonds. The quantitative estimate of drug-likeness (QED) is 0.384. The van der Waals surface area contributed by atoms with Crippen molar-refractivity contribution in [2.75, 3.05) is 12.0 Å². The van der Waals surface area contributed by atoms with Crippen molar-refractivity contribution >= 4 is 56.8 Å². The van der Waals surface area contributed by atoms with Crippen LogP contribution in [0.2, 0.25) is 0 Å². The van der Waals surface area contributed by atoms with Crippen LogP contribution < -0.4 is 19.7 Å². The molecular formula is C22H21BrN2O4S.